The molecular weight excluding hydrogens is 1220 g/mol. The van der Waals surface area contributed by atoms with Gasteiger partial charge in [-0.2, -0.15) is 0 Å². The molecule has 1 amide bonds. The molecule has 4 aromatic carbocycles. The maximum atomic E-state index is 15.0. The topological polar surface area (TPSA) is 322 Å². The average Bonchev–Trinajstić information content (AvgIpc) is 0.754. The lowest BCUT2D eigenvalue weighted by Gasteiger charge is -2.52. The normalized spacial score (nSPS) is 27.0. The highest BCUT2D eigenvalue weighted by Gasteiger charge is 2.63. The third kappa shape index (κ3) is 21.4. The minimum Gasteiger partial charge on any atom is -0.465 e. The zero-order chi connectivity index (χ0) is 66.4. The lowest BCUT2D eigenvalue weighted by atomic mass is 9.87. The highest BCUT2D eigenvalue weighted by Crippen LogP contribution is 2.42. The molecule has 3 aliphatic rings. The van der Waals surface area contributed by atoms with Crippen molar-refractivity contribution in [3.05, 3.63) is 154 Å². The van der Waals surface area contributed by atoms with E-state index in [0.29, 0.717) is 6.61 Å². The molecule has 92 heavy (non-hydrogen) atoms. The monoisotopic (exact) mass is 1300 g/mol. The van der Waals surface area contributed by atoms with E-state index in [0.717, 1.165) is 70.0 Å². The largest absolute Gasteiger partial charge is 0.465 e. The van der Waals surface area contributed by atoms with Crippen molar-refractivity contribution in [3.63, 3.8) is 0 Å². The molecule has 16 atom stereocenters. The molecule has 7 rings (SSSR count). The van der Waals surface area contributed by atoms with E-state index < -0.39 is 161 Å². The van der Waals surface area contributed by atoms with Crippen molar-refractivity contribution in [1.82, 2.24) is 5.32 Å². The fourth-order valence-corrected chi connectivity index (χ4v) is 11.5. The highest BCUT2D eigenvalue weighted by atomic mass is 28.3. The molecule has 4 aromatic rings. The number of methoxy groups -OCH3 is 1. The van der Waals surface area contributed by atoms with Gasteiger partial charge < -0.3 is 81.5 Å². The minimum absolute atomic E-state index is 0.00184. The number of rotatable bonds is 32. The van der Waals surface area contributed by atoms with Crippen molar-refractivity contribution in [2.45, 2.75) is 191 Å². The zero-order valence-electron chi connectivity index (χ0n) is 53.1. The summed E-state index contributed by atoms with van der Waals surface area (Å²) in [5.41, 5.74) is 13.8. The number of carbonyl (C=O) groups excluding carboxylic acids is 6. The van der Waals surface area contributed by atoms with Crippen molar-refractivity contribution in [2.75, 3.05) is 33.5 Å². The van der Waals surface area contributed by atoms with Gasteiger partial charge in [-0.3, -0.25) is 24.0 Å². The Bertz CT molecular complexity index is 3040. The number of amides is 1. The summed E-state index contributed by atoms with van der Waals surface area (Å²) in [6.45, 7) is 11.0. The van der Waals surface area contributed by atoms with Crippen molar-refractivity contribution < 1.29 is 105 Å². The fourth-order valence-electron chi connectivity index (χ4n) is 10.8. The molecule has 0 saturated carbocycles. The maximum Gasteiger partial charge on any atom is 0.366 e. The van der Waals surface area contributed by atoms with Gasteiger partial charge in [0.05, 0.1) is 59.2 Å². The maximum absolute atomic E-state index is 15.0. The predicted octanol–water partition coefficient (Wildman–Crippen LogP) is 6.73. The van der Waals surface area contributed by atoms with Crippen LogP contribution in [0.3, 0.4) is 0 Å². The van der Waals surface area contributed by atoms with Crippen molar-refractivity contribution in [1.29, 1.82) is 0 Å². The Balaban J connectivity index is 1.40. The molecule has 3 aliphatic heterocycles. The van der Waals surface area contributed by atoms with E-state index in [2.05, 4.69) is 35.0 Å². The number of hydrogen-bond donors (Lipinski definition) is 2. The van der Waals surface area contributed by atoms with Crippen LogP contribution in [-0.2, 0) is 126 Å². The molecule has 26 nitrogen and oxygen atoms in total. The smallest absolute Gasteiger partial charge is 0.366 e. The molecule has 2 N–H and O–H groups in total. The summed E-state index contributed by atoms with van der Waals surface area (Å²) in [5.74, 6) is -8.88. The van der Waals surface area contributed by atoms with E-state index in [1.54, 1.807) is 0 Å². The number of azide groups is 1. The highest BCUT2D eigenvalue weighted by molar-refractivity contribution is 6.76. The summed E-state index contributed by atoms with van der Waals surface area (Å²) < 4.78 is 95.7. The molecule has 0 spiro atoms. The van der Waals surface area contributed by atoms with Gasteiger partial charge in [0.15, 0.2) is 24.8 Å². The van der Waals surface area contributed by atoms with Crippen LogP contribution in [0.4, 0.5) is 0 Å². The molecule has 3 fully saturated rings. The fraction of sp³-hybridized carbons (Fsp3) is 0.538. The number of carbonyl (C=O) groups is 6. The van der Waals surface area contributed by atoms with Gasteiger partial charge in [0, 0.05) is 54.2 Å². The third-order valence-electron chi connectivity index (χ3n) is 15.0. The number of hydrogen-bond acceptors (Lipinski definition) is 23. The molecule has 0 aliphatic carbocycles. The molecule has 3 saturated heterocycles. The summed E-state index contributed by atoms with van der Waals surface area (Å²) in [4.78, 5) is 82.9. The molecule has 0 aromatic heterocycles. The van der Waals surface area contributed by atoms with Crippen LogP contribution < -0.4 is 5.32 Å². The summed E-state index contributed by atoms with van der Waals surface area (Å²) in [5, 5.41) is 19.7. The van der Waals surface area contributed by atoms with Gasteiger partial charge in [0.25, 0.3) is 5.79 Å². The van der Waals surface area contributed by atoms with E-state index in [1.165, 1.54) is 0 Å². The summed E-state index contributed by atoms with van der Waals surface area (Å²) in [6, 6.07) is 34.6. The summed E-state index contributed by atoms with van der Waals surface area (Å²) in [7, 11) is -0.747. The summed E-state index contributed by atoms with van der Waals surface area (Å²) in [6.07, 6.45) is -21.3. The Morgan fingerprint density at radius 2 is 1.18 bits per heavy atom. The number of nitrogens with zero attached hydrogens (tertiary/aromatic N) is 3. The Hall–Kier alpha value is -7.21. The van der Waals surface area contributed by atoms with Crippen molar-refractivity contribution >= 4 is 43.8 Å². The van der Waals surface area contributed by atoms with Crippen LogP contribution in [0.5, 0.6) is 0 Å². The minimum atomic E-state index is -2.96. The van der Waals surface area contributed by atoms with E-state index in [-0.39, 0.29) is 33.0 Å². The number of benzene rings is 4. The zero-order valence-corrected chi connectivity index (χ0v) is 54.1. The molecule has 0 radical (unpaired) electrons. The van der Waals surface area contributed by atoms with Gasteiger partial charge in [0.2, 0.25) is 5.91 Å². The standard InChI is InChI=1S/C65H84N4O22Si/c1-40(70)67-53-49(84-42(3)72)32-65(64(76)77-6,91-59(53)56(86-44(5)74)52(85-43(4)73)39-81-41(2)71)90-58-54(68-69-66)62(87-50(55(58)75)37-78-33-45-22-14-10-15-23-45)89-57-51(38-79-34-46-24-16-11-17-25-46)88-63(80-30-31-92(7,8)9)61(83-36-48-28-20-13-21-29-48)60(57)82-35-47-26-18-12-19-27-47/h10-29,49-63,75H,30-39H2,1-9H3,(H,67,70)/t49?,50?,51?,52-,53?,54?,55?,56-,57?,58?,59?,60?,61?,62?,63?,65?/m1/s1. The first-order valence-corrected chi connectivity index (χ1v) is 34.0. The van der Waals surface area contributed by atoms with Crippen LogP contribution in [0.15, 0.2) is 126 Å². The predicted molar refractivity (Wildman–Crippen MR) is 327 cm³/mol. The SMILES string of the molecule is COC(=O)C1(OC2C(O)C(COCc3ccccc3)OC(OC3C(COCc4ccccc4)OC(OCC[Si](C)(C)C)C(OCc4ccccc4)C3OCc3ccccc3)C2N=[N+]=[N-])CC(OC(C)=O)C(NC(C)=O)C([C@H](OC(C)=O)[C@@H](COC(C)=O)OC(C)=O)O1. The quantitative estimate of drug-likeness (QED) is 0.0128. The van der Waals surface area contributed by atoms with Gasteiger partial charge in [0.1, 0.15) is 67.6 Å². The van der Waals surface area contributed by atoms with Gasteiger partial charge in [-0.25, -0.2) is 4.79 Å². The van der Waals surface area contributed by atoms with Gasteiger partial charge in [-0.15, -0.1) is 0 Å². The second-order valence-electron chi connectivity index (χ2n) is 23.6. The molecule has 500 valence electrons. The van der Waals surface area contributed by atoms with Crippen LogP contribution in [0.1, 0.15) is 63.3 Å². The van der Waals surface area contributed by atoms with Crippen molar-refractivity contribution in [2.24, 2.45) is 5.11 Å². The molecule has 27 heteroatoms. The average molecular weight is 1300 g/mol. The first-order chi connectivity index (χ1) is 44.1. The number of nitrogens with one attached hydrogen (secondary N) is 1. The van der Waals surface area contributed by atoms with Crippen molar-refractivity contribution in [3.8, 4) is 0 Å². The van der Waals surface area contributed by atoms with Crippen LogP contribution in [0, 0.1) is 0 Å². The third-order valence-corrected chi connectivity index (χ3v) is 16.7. The lowest BCUT2D eigenvalue weighted by Crippen LogP contribution is -2.71. The first-order valence-electron chi connectivity index (χ1n) is 30.3. The van der Waals surface area contributed by atoms with Gasteiger partial charge in [-0.05, 0) is 33.8 Å². The number of aliphatic hydroxyl groups excluding tert-OH is 1. The van der Waals surface area contributed by atoms with Crippen LogP contribution in [-0.4, -0.2) is 180 Å². The molecule has 3 heterocycles. The van der Waals surface area contributed by atoms with E-state index in [9.17, 15) is 39.4 Å². The molecule has 0 bridgehead atoms. The van der Waals surface area contributed by atoms with Crippen LogP contribution in [0.25, 0.3) is 10.4 Å². The second-order valence-corrected chi connectivity index (χ2v) is 29.2. The summed E-state index contributed by atoms with van der Waals surface area (Å²) >= 11 is 0. The number of aliphatic hydroxyl groups is 1. The van der Waals surface area contributed by atoms with E-state index in [1.807, 2.05) is 121 Å². The second kappa shape index (κ2) is 35.2. The Morgan fingerprint density at radius 3 is 1.67 bits per heavy atom. The Labute approximate surface area is 535 Å². The number of esters is 5. The van der Waals surface area contributed by atoms with Crippen LogP contribution in [0.2, 0.25) is 25.7 Å². The van der Waals surface area contributed by atoms with Crippen LogP contribution >= 0.6 is 0 Å². The van der Waals surface area contributed by atoms with E-state index in [4.69, 9.17) is 71.1 Å². The first kappa shape index (κ1) is 72.2. The lowest BCUT2D eigenvalue weighted by molar-refractivity contribution is -0.375. The molecule has 14 unspecified atom stereocenters. The number of ether oxygens (including phenoxy) is 15. The van der Waals surface area contributed by atoms with Gasteiger partial charge >= 0.3 is 29.8 Å². The van der Waals surface area contributed by atoms with E-state index >= 15 is 0 Å². The Morgan fingerprint density at radius 1 is 0.663 bits per heavy atom. The van der Waals surface area contributed by atoms with Gasteiger partial charge in [-0.1, -0.05) is 146 Å². The Kier molecular flexibility index (Phi) is 27.6. The molecular formula is C65H84N4O22Si.